The lowest BCUT2D eigenvalue weighted by Gasteiger charge is -2.56. The first-order valence-electron chi connectivity index (χ1n) is 10.0. The van der Waals surface area contributed by atoms with E-state index in [4.69, 9.17) is 30.9 Å². The van der Waals surface area contributed by atoms with Crippen LogP contribution >= 0.6 is 11.6 Å². The van der Waals surface area contributed by atoms with Gasteiger partial charge in [-0.15, -0.1) is 5.10 Å². The molecule has 0 radical (unpaired) electrons. The summed E-state index contributed by atoms with van der Waals surface area (Å²) >= 11 is 6.09. The zero-order valence-corrected chi connectivity index (χ0v) is 18.7. The Kier molecular flexibility index (Phi) is 5.28. The molecule has 0 spiro atoms. The number of halogens is 1. The van der Waals surface area contributed by atoms with Gasteiger partial charge in [0, 0.05) is 16.7 Å². The molecule has 1 aromatic heterocycles. The van der Waals surface area contributed by atoms with Gasteiger partial charge in [-0.3, -0.25) is 0 Å². The largest absolute Gasteiger partial charge is 0.494 e. The highest BCUT2D eigenvalue weighted by atomic mass is 35.5. The molecular weight excluding hydrogens is 400 g/mol. The van der Waals surface area contributed by atoms with Gasteiger partial charge in [-0.2, -0.15) is 0 Å². The number of hydrogen-bond acceptors (Lipinski definition) is 4. The van der Waals surface area contributed by atoms with Crippen LogP contribution in [0.5, 0.6) is 11.6 Å². The fourth-order valence-electron chi connectivity index (χ4n) is 4.41. The molecule has 4 rings (SSSR count). The van der Waals surface area contributed by atoms with Crippen LogP contribution in [0.2, 0.25) is 5.02 Å². The third kappa shape index (κ3) is 3.80. The highest BCUT2D eigenvalue weighted by Crippen LogP contribution is 2.46. The third-order valence-electron chi connectivity index (χ3n) is 5.74. The van der Waals surface area contributed by atoms with Crippen molar-refractivity contribution in [2.24, 2.45) is 5.92 Å². The Morgan fingerprint density at radius 1 is 1.03 bits per heavy atom. The Morgan fingerprint density at radius 3 is 2.33 bits per heavy atom. The van der Waals surface area contributed by atoms with Crippen LogP contribution in [-0.4, -0.2) is 34.7 Å². The lowest BCUT2D eigenvalue weighted by molar-refractivity contribution is -0.299. The fourth-order valence-corrected chi connectivity index (χ4v) is 4.54. The number of hydrogen-bond donors (Lipinski definition) is 0. The van der Waals surface area contributed by atoms with Gasteiger partial charge in [-0.05, 0) is 52.0 Å². The predicted octanol–water partition coefficient (Wildman–Crippen LogP) is 5.78. The molecule has 0 atom stereocenters. The van der Waals surface area contributed by atoms with E-state index < -0.39 is 0 Å². The molecule has 0 saturated carbocycles. The van der Waals surface area contributed by atoms with Gasteiger partial charge in [0.15, 0.2) is 0 Å². The Balaban J connectivity index is 1.70. The molecule has 1 saturated heterocycles. The van der Waals surface area contributed by atoms with E-state index in [2.05, 4.69) is 27.7 Å². The van der Waals surface area contributed by atoms with E-state index in [-0.39, 0.29) is 17.1 Å². The number of nitrogens with zero attached hydrogens (tertiary/aromatic N) is 2. The van der Waals surface area contributed by atoms with Crippen LogP contribution in [0.4, 0.5) is 0 Å². The molecule has 0 unspecified atom stereocenters. The van der Waals surface area contributed by atoms with Crippen molar-refractivity contribution in [3.8, 4) is 28.6 Å². The minimum Gasteiger partial charge on any atom is -0.494 e. The van der Waals surface area contributed by atoms with Crippen LogP contribution in [-0.2, 0) is 4.74 Å². The van der Waals surface area contributed by atoms with Crippen molar-refractivity contribution in [3.05, 3.63) is 59.6 Å². The normalized spacial score (nSPS) is 17.4. The van der Waals surface area contributed by atoms with Crippen molar-refractivity contribution in [1.29, 1.82) is 0 Å². The Morgan fingerprint density at radius 2 is 1.70 bits per heavy atom. The molecule has 3 aromatic rings. The van der Waals surface area contributed by atoms with Crippen molar-refractivity contribution in [1.82, 2.24) is 9.78 Å². The molecule has 2 aromatic carbocycles. The SMILES string of the molecule is COc1ccccc1-n1nc(OCC2C(C)(C)OC2(C)C)cc1-c1ccc(Cl)cc1. The molecule has 6 heteroatoms. The average molecular weight is 427 g/mol. The predicted molar refractivity (Wildman–Crippen MR) is 119 cm³/mol. The molecule has 2 heterocycles. The Bertz CT molecular complexity index is 1030. The van der Waals surface area contributed by atoms with Crippen LogP contribution in [0.15, 0.2) is 54.6 Å². The van der Waals surface area contributed by atoms with Crippen LogP contribution < -0.4 is 9.47 Å². The van der Waals surface area contributed by atoms with Gasteiger partial charge in [0.1, 0.15) is 11.4 Å². The van der Waals surface area contributed by atoms with Crippen molar-refractivity contribution in [2.75, 3.05) is 13.7 Å². The summed E-state index contributed by atoms with van der Waals surface area (Å²) in [7, 11) is 1.66. The van der Waals surface area contributed by atoms with Gasteiger partial charge in [-0.1, -0.05) is 35.9 Å². The molecule has 0 bridgehead atoms. The Hall–Kier alpha value is -2.50. The van der Waals surface area contributed by atoms with Crippen LogP contribution in [0.1, 0.15) is 27.7 Å². The molecule has 30 heavy (non-hydrogen) atoms. The van der Waals surface area contributed by atoms with Gasteiger partial charge in [0.25, 0.3) is 0 Å². The lowest BCUT2D eigenvalue weighted by atomic mass is 9.72. The number of methoxy groups -OCH3 is 1. The number of aromatic nitrogens is 2. The molecule has 1 fully saturated rings. The lowest BCUT2D eigenvalue weighted by Crippen LogP contribution is -2.64. The minimum absolute atomic E-state index is 0.215. The topological polar surface area (TPSA) is 45.5 Å². The number of ether oxygens (including phenoxy) is 3. The van der Waals surface area contributed by atoms with E-state index >= 15 is 0 Å². The van der Waals surface area contributed by atoms with E-state index in [1.165, 1.54) is 0 Å². The van der Waals surface area contributed by atoms with E-state index in [1.807, 2.05) is 59.3 Å². The number of benzene rings is 2. The summed E-state index contributed by atoms with van der Waals surface area (Å²) < 4.78 is 19.6. The molecule has 0 aliphatic carbocycles. The summed E-state index contributed by atoms with van der Waals surface area (Å²) in [5.41, 5.74) is 2.30. The maximum atomic E-state index is 6.16. The van der Waals surface area contributed by atoms with Gasteiger partial charge in [0.05, 0.1) is 36.5 Å². The highest BCUT2D eigenvalue weighted by molar-refractivity contribution is 6.30. The average Bonchev–Trinajstić information content (AvgIpc) is 3.11. The van der Waals surface area contributed by atoms with Gasteiger partial charge in [-0.25, -0.2) is 4.68 Å². The molecule has 0 N–H and O–H groups in total. The second-order valence-electron chi connectivity index (χ2n) is 8.63. The smallest absolute Gasteiger partial charge is 0.233 e. The first-order chi connectivity index (χ1) is 14.2. The van der Waals surface area contributed by atoms with E-state index in [0.29, 0.717) is 17.5 Å². The zero-order chi connectivity index (χ0) is 21.5. The summed E-state index contributed by atoms with van der Waals surface area (Å²) in [5.74, 6) is 1.56. The van der Waals surface area contributed by atoms with Crippen LogP contribution in [0.3, 0.4) is 0 Å². The molecule has 1 aliphatic heterocycles. The standard InChI is InChI=1S/C24H27ClN2O3/c1-23(2)21(24(3,4)30-23)15-29-22-14-19(16-10-12-17(25)13-11-16)27(26-22)18-8-6-7-9-20(18)28-5/h6-14,21H,15H2,1-5H3. The van der Waals surface area contributed by atoms with E-state index in [1.54, 1.807) is 7.11 Å². The number of rotatable bonds is 6. The molecule has 0 amide bonds. The summed E-state index contributed by atoms with van der Waals surface area (Å²) in [6, 6.07) is 17.4. The summed E-state index contributed by atoms with van der Waals surface area (Å²) in [5, 5.41) is 5.44. The Labute approximate surface area is 182 Å². The summed E-state index contributed by atoms with van der Waals surface area (Å²) in [6.45, 7) is 8.92. The molecule has 158 valence electrons. The van der Waals surface area contributed by atoms with Gasteiger partial charge in [0.2, 0.25) is 5.88 Å². The van der Waals surface area contributed by atoms with Gasteiger partial charge >= 0.3 is 0 Å². The van der Waals surface area contributed by atoms with Crippen molar-refractivity contribution in [3.63, 3.8) is 0 Å². The zero-order valence-electron chi connectivity index (χ0n) is 18.0. The van der Waals surface area contributed by atoms with E-state index in [9.17, 15) is 0 Å². The monoisotopic (exact) mass is 426 g/mol. The van der Waals surface area contributed by atoms with Crippen molar-refractivity contribution < 1.29 is 14.2 Å². The third-order valence-corrected chi connectivity index (χ3v) is 5.99. The maximum Gasteiger partial charge on any atom is 0.233 e. The summed E-state index contributed by atoms with van der Waals surface area (Å²) in [4.78, 5) is 0. The van der Waals surface area contributed by atoms with Gasteiger partial charge < -0.3 is 14.2 Å². The first kappa shape index (κ1) is 20.8. The fraction of sp³-hybridized carbons (Fsp3) is 0.375. The van der Waals surface area contributed by atoms with Crippen molar-refractivity contribution in [2.45, 2.75) is 38.9 Å². The second kappa shape index (κ2) is 7.64. The maximum absolute atomic E-state index is 6.16. The molecule has 1 aliphatic rings. The summed E-state index contributed by atoms with van der Waals surface area (Å²) in [6.07, 6.45) is 0. The first-order valence-corrected chi connectivity index (χ1v) is 10.4. The minimum atomic E-state index is -0.215. The number of para-hydroxylation sites is 2. The second-order valence-corrected chi connectivity index (χ2v) is 9.07. The van der Waals surface area contributed by atoms with Crippen LogP contribution in [0, 0.1) is 5.92 Å². The highest BCUT2D eigenvalue weighted by Gasteiger charge is 2.55. The molecule has 5 nitrogen and oxygen atoms in total. The van der Waals surface area contributed by atoms with Crippen LogP contribution in [0.25, 0.3) is 16.9 Å². The quantitative estimate of drug-likeness (QED) is 0.501. The van der Waals surface area contributed by atoms with E-state index in [0.717, 1.165) is 22.7 Å². The van der Waals surface area contributed by atoms with Crippen molar-refractivity contribution >= 4 is 11.6 Å². The molecular formula is C24H27ClN2O3.